The Morgan fingerprint density at radius 1 is 1.47 bits per heavy atom. The molecule has 0 aromatic carbocycles. The number of thiophene rings is 1. The highest BCUT2D eigenvalue weighted by Gasteiger charge is 2.18. The van der Waals surface area contributed by atoms with Gasteiger partial charge >= 0.3 is 5.97 Å². The predicted octanol–water partition coefficient (Wildman–Crippen LogP) is 2.48. The number of nitrogens with zero attached hydrogens (tertiary/aromatic N) is 1. The Kier molecular flexibility index (Phi) is 5.76. The van der Waals surface area contributed by atoms with Crippen LogP contribution < -0.4 is 0 Å². The van der Waals surface area contributed by atoms with E-state index in [1.54, 1.807) is 17.4 Å². The summed E-state index contributed by atoms with van der Waals surface area (Å²) >= 11 is 1.58. The van der Waals surface area contributed by atoms with Crippen LogP contribution in [0.4, 0.5) is 0 Å². The molecule has 0 bridgehead atoms. The molecule has 0 N–H and O–H groups in total. The van der Waals surface area contributed by atoms with Crippen molar-refractivity contribution in [2.75, 3.05) is 13.7 Å². The van der Waals surface area contributed by atoms with Crippen LogP contribution in [-0.2, 0) is 14.3 Å². The van der Waals surface area contributed by atoms with E-state index in [0.29, 0.717) is 0 Å². The minimum Gasteiger partial charge on any atom is -0.468 e. The van der Waals surface area contributed by atoms with Crippen molar-refractivity contribution < 1.29 is 14.3 Å². The first kappa shape index (κ1) is 15.4. The average molecular weight is 281 g/mol. The minimum absolute atomic E-state index is 0.0270. The number of ether oxygens (including phenoxy) is 1. The molecule has 4 nitrogen and oxygen atoms in total. The van der Waals surface area contributed by atoms with E-state index in [1.165, 1.54) is 18.1 Å². The molecule has 1 aromatic rings. The van der Waals surface area contributed by atoms with Crippen molar-refractivity contribution in [3.63, 3.8) is 0 Å². The van der Waals surface area contributed by atoms with Gasteiger partial charge in [0.25, 0.3) is 0 Å². The van der Waals surface area contributed by atoms with E-state index in [4.69, 9.17) is 0 Å². The molecule has 0 fully saturated rings. The predicted molar refractivity (Wildman–Crippen MR) is 77.0 cm³/mol. The molecule has 19 heavy (non-hydrogen) atoms. The molecule has 0 saturated heterocycles. The van der Waals surface area contributed by atoms with E-state index in [1.807, 2.05) is 32.2 Å². The Balaban J connectivity index is 2.75. The number of carbonyl (C=O) groups excluding carboxylic acids is 2. The van der Waals surface area contributed by atoms with Crippen molar-refractivity contribution in [3.8, 4) is 0 Å². The lowest BCUT2D eigenvalue weighted by molar-refractivity contribution is -0.146. The van der Waals surface area contributed by atoms with Gasteiger partial charge < -0.3 is 9.64 Å². The lowest BCUT2D eigenvalue weighted by Crippen LogP contribution is -2.40. The van der Waals surface area contributed by atoms with Crippen LogP contribution in [0.2, 0.25) is 0 Å². The molecule has 1 aromatic heterocycles. The Morgan fingerprint density at radius 2 is 2.16 bits per heavy atom. The minimum atomic E-state index is -0.414. The average Bonchev–Trinajstić information content (AvgIpc) is 2.77. The van der Waals surface area contributed by atoms with E-state index in [2.05, 4.69) is 4.74 Å². The summed E-state index contributed by atoms with van der Waals surface area (Å²) in [6.45, 7) is 5.70. The lowest BCUT2D eigenvalue weighted by Gasteiger charge is -2.23. The van der Waals surface area contributed by atoms with Crippen LogP contribution in [0.1, 0.15) is 24.3 Å². The van der Waals surface area contributed by atoms with E-state index < -0.39 is 5.97 Å². The zero-order valence-electron chi connectivity index (χ0n) is 11.7. The van der Waals surface area contributed by atoms with Crippen LogP contribution in [0.3, 0.4) is 0 Å². The fraction of sp³-hybridized carbons (Fsp3) is 0.429. The van der Waals surface area contributed by atoms with Gasteiger partial charge in [-0.1, -0.05) is 0 Å². The van der Waals surface area contributed by atoms with E-state index in [9.17, 15) is 9.59 Å². The smallest absolute Gasteiger partial charge is 0.325 e. The summed E-state index contributed by atoms with van der Waals surface area (Å²) in [5, 5.41) is 1.98. The monoisotopic (exact) mass is 281 g/mol. The fourth-order valence-electron chi connectivity index (χ4n) is 1.52. The number of carbonyl (C=O) groups is 2. The van der Waals surface area contributed by atoms with Gasteiger partial charge in [0.15, 0.2) is 0 Å². The first-order valence-electron chi connectivity index (χ1n) is 6.05. The second-order valence-corrected chi connectivity index (χ2v) is 5.38. The van der Waals surface area contributed by atoms with Gasteiger partial charge in [0, 0.05) is 17.0 Å². The summed E-state index contributed by atoms with van der Waals surface area (Å²) in [6, 6.07) is 1.95. The summed E-state index contributed by atoms with van der Waals surface area (Å²) in [7, 11) is 1.32. The highest BCUT2D eigenvalue weighted by atomic mass is 32.1. The van der Waals surface area contributed by atoms with Crippen LogP contribution >= 0.6 is 11.3 Å². The molecule has 1 heterocycles. The SMILES string of the molecule is COC(=O)CN(C(=O)C=Cc1sccc1C)C(C)C. The molecule has 5 heteroatoms. The molecule has 0 aliphatic carbocycles. The number of hydrogen-bond donors (Lipinski definition) is 0. The van der Waals surface area contributed by atoms with Crippen LogP contribution in [0, 0.1) is 6.92 Å². The topological polar surface area (TPSA) is 46.6 Å². The summed E-state index contributed by atoms with van der Waals surface area (Å²) < 4.78 is 4.60. The molecule has 0 atom stereocenters. The fourth-order valence-corrected chi connectivity index (χ4v) is 2.34. The third kappa shape index (κ3) is 4.52. The first-order chi connectivity index (χ1) is 8.95. The maximum absolute atomic E-state index is 12.1. The molecule has 1 rings (SSSR count). The van der Waals surface area contributed by atoms with Crippen molar-refractivity contribution in [1.29, 1.82) is 0 Å². The first-order valence-corrected chi connectivity index (χ1v) is 6.93. The van der Waals surface area contributed by atoms with Crippen LogP contribution in [0.25, 0.3) is 6.08 Å². The Bertz CT molecular complexity index is 477. The molecule has 0 aliphatic heterocycles. The van der Waals surface area contributed by atoms with Crippen molar-refractivity contribution in [2.45, 2.75) is 26.8 Å². The van der Waals surface area contributed by atoms with E-state index in [0.717, 1.165) is 10.4 Å². The zero-order valence-corrected chi connectivity index (χ0v) is 12.5. The van der Waals surface area contributed by atoms with Crippen LogP contribution in [0.5, 0.6) is 0 Å². The molecule has 1 amide bonds. The van der Waals surface area contributed by atoms with Crippen molar-refractivity contribution in [2.24, 2.45) is 0 Å². The number of esters is 1. The zero-order chi connectivity index (χ0) is 14.4. The summed E-state index contributed by atoms with van der Waals surface area (Å²) in [5.41, 5.74) is 1.14. The number of rotatable bonds is 5. The third-order valence-corrected chi connectivity index (χ3v) is 3.70. The Hall–Kier alpha value is -1.62. The normalized spacial score (nSPS) is 11.0. The molecular formula is C14H19NO3S. The van der Waals surface area contributed by atoms with Gasteiger partial charge in [-0.15, -0.1) is 11.3 Å². The Labute approximate surface area is 117 Å². The van der Waals surface area contributed by atoms with Gasteiger partial charge in [-0.25, -0.2) is 0 Å². The quantitative estimate of drug-likeness (QED) is 0.615. The number of aryl methyl sites for hydroxylation is 1. The molecule has 0 aliphatic rings. The van der Waals surface area contributed by atoms with Gasteiger partial charge in [-0.2, -0.15) is 0 Å². The lowest BCUT2D eigenvalue weighted by atomic mass is 10.2. The van der Waals surface area contributed by atoms with Gasteiger partial charge in [-0.3, -0.25) is 9.59 Å². The number of methoxy groups -OCH3 is 1. The van der Waals surface area contributed by atoms with Crippen molar-refractivity contribution in [1.82, 2.24) is 4.90 Å². The van der Waals surface area contributed by atoms with Crippen molar-refractivity contribution >= 4 is 29.3 Å². The van der Waals surface area contributed by atoms with Gasteiger partial charge in [0.1, 0.15) is 6.54 Å². The molecule has 0 spiro atoms. The van der Waals surface area contributed by atoms with Gasteiger partial charge in [0.2, 0.25) is 5.91 Å². The van der Waals surface area contributed by atoms with Crippen LogP contribution in [-0.4, -0.2) is 36.5 Å². The maximum Gasteiger partial charge on any atom is 0.325 e. The number of hydrogen-bond acceptors (Lipinski definition) is 4. The van der Waals surface area contributed by atoms with E-state index in [-0.39, 0.29) is 18.5 Å². The van der Waals surface area contributed by atoms with E-state index >= 15 is 0 Å². The molecular weight excluding hydrogens is 262 g/mol. The van der Waals surface area contributed by atoms with Gasteiger partial charge in [0.05, 0.1) is 7.11 Å². The largest absolute Gasteiger partial charge is 0.468 e. The molecule has 0 radical (unpaired) electrons. The summed E-state index contributed by atoms with van der Waals surface area (Å²) in [5.74, 6) is -0.601. The maximum atomic E-state index is 12.1. The highest BCUT2D eigenvalue weighted by Crippen LogP contribution is 2.17. The van der Waals surface area contributed by atoms with Gasteiger partial charge in [-0.05, 0) is 43.9 Å². The summed E-state index contributed by atoms with van der Waals surface area (Å²) in [4.78, 5) is 25.9. The molecule has 104 valence electrons. The molecule has 0 unspecified atom stereocenters. The van der Waals surface area contributed by atoms with Crippen LogP contribution in [0.15, 0.2) is 17.5 Å². The standard InChI is InChI=1S/C14H19NO3S/c1-10(2)15(9-14(17)18-4)13(16)6-5-12-11(3)7-8-19-12/h5-8,10H,9H2,1-4H3. The highest BCUT2D eigenvalue weighted by molar-refractivity contribution is 7.11. The van der Waals surface area contributed by atoms with Crippen molar-refractivity contribution in [3.05, 3.63) is 28.0 Å². The molecule has 0 saturated carbocycles. The second kappa shape index (κ2) is 7.09. The Morgan fingerprint density at radius 3 is 2.63 bits per heavy atom. The second-order valence-electron chi connectivity index (χ2n) is 4.44. The third-order valence-electron chi connectivity index (χ3n) is 2.71. The summed E-state index contributed by atoms with van der Waals surface area (Å²) in [6.07, 6.45) is 3.29. The number of amides is 1.